The highest BCUT2D eigenvalue weighted by molar-refractivity contribution is 14.0. The molecule has 2 aliphatic heterocycles. The van der Waals surface area contributed by atoms with Gasteiger partial charge < -0.3 is 15.0 Å². The zero-order chi connectivity index (χ0) is 11.4. The number of guanidine groups is 1. The van der Waals surface area contributed by atoms with Crippen LogP contribution in [0.2, 0.25) is 0 Å². The maximum atomic E-state index is 5.55. The highest BCUT2D eigenvalue weighted by Gasteiger charge is 2.19. The molecule has 0 aliphatic carbocycles. The summed E-state index contributed by atoms with van der Waals surface area (Å²) in [7, 11) is 2.09. The summed E-state index contributed by atoms with van der Waals surface area (Å²) < 4.78 is 5.55. The van der Waals surface area contributed by atoms with Crippen LogP contribution in [0.1, 0.15) is 26.2 Å². The van der Waals surface area contributed by atoms with Crippen LogP contribution in [0, 0.1) is 5.92 Å². The van der Waals surface area contributed by atoms with Gasteiger partial charge in [0.1, 0.15) is 0 Å². The van der Waals surface area contributed by atoms with E-state index in [0.29, 0.717) is 6.10 Å². The van der Waals surface area contributed by atoms with Crippen LogP contribution in [0.3, 0.4) is 0 Å². The van der Waals surface area contributed by atoms with E-state index < -0.39 is 0 Å². The molecule has 5 heteroatoms. The molecule has 2 aliphatic rings. The molecule has 0 radical (unpaired) electrons. The molecular weight excluding hydrogens is 329 g/mol. The van der Waals surface area contributed by atoms with Crippen LogP contribution in [0.15, 0.2) is 4.99 Å². The van der Waals surface area contributed by atoms with E-state index in [1.165, 1.54) is 19.3 Å². The smallest absolute Gasteiger partial charge is 0.193 e. The molecule has 0 aromatic heterocycles. The molecule has 2 atom stereocenters. The van der Waals surface area contributed by atoms with Crippen molar-refractivity contribution in [1.29, 1.82) is 0 Å². The zero-order valence-electron chi connectivity index (χ0n) is 10.8. The summed E-state index contributed by atoms with van der Waals surface area (Å²) in [4.78, 5) is 6.61. The quantitative estimate of drug-likeness (QED) is 0.785. The van der Waals surface area contributed by atoms with Gasteiger partial charge in [-0.1, -0.05) is 0 Å². The van der Waals surface area contributed by atoms with Crippen LogP contribution in [0.25, 0.3) is 0 Å². The lowest BCUT2D eigenvalue weighted by Gasteiger charge is -2.27. The Bertz CT molecular complexity index is 260. The molecule has 0 saturated carbocycles. The average molecular weight is 353 g/mol. The van der Waals surface area contributed by atoms with Gasteiger partial charge in [-0.2, -0.15) is 0 Å². The Morgan fingerprint density at radius 3 is 3.00 bits per heavy atom. The standard InChI is InChI=1S/C12H23N3O.HI/c1-10-9-11(4-8-16-10)3-5-13-12-14-6-7-15(12)2;/h10-11H,3-9H2,1-2H3,(H,13,14);1H. The Balaban J connectivity index is 0.00000144. The van der Waals surface area contributed by atoms with Crippen molar-refractivity contribution in [2.24, 2.45) is 10.9 Å². The first-order valence-corrected chi connectivity index (χ1v) is 6.37. The van der Waals surface area contributed by atoms with Gasteiger partial charge in [0.15, 0.2) is 5.96 Å². The minimum atomic E-state index is 0. The Morgan fingerprint density at radius 2 is 2.35 bits per heavy atom. The van der Waals surface area contributed by atoms with Gasteiger partial charge in [-0.25, -0.2) is 0 Å². The molecule has 4 nitrogen and oxygen atoms in total. The summed E-state index contributed by atoms with van der Waals surface area (Å²) in [5, 5.41) is 3.43. The van der Waals surface area contributed by atoms with Crippen LogP contribution >= 0.6 is 24.0 Å². The van der Waals surface area contributed by atoms with E-state index in [9.17, 15) is 0 Å². The van der Waals surface area contributed by atoms with Crippen LogP contribution in [-0.4, -0.2) is 50.3 Å². The van der Waals surface area contributed by atoms with E-state index >= 15 is 0 Å². The van der Waals surface area contributed by atoms with E-state index in [0.717, 1.165) is 38.1 Å². The highest BCUT2D eigenvalue weighted by atomic mass is 127. The van der Waals surface area contributed by atoms with E-state index in [-0.39, 0.29) is 24.0 Å². The summed E-state index contributed by atoms with van der Waals surface area (Å²) in [6, 6.07) is 0. The Morgan fingerprint density at radius 1 is 1.53 bits per heavy atom. The van der Waals surface area contributed by atoms with Gasteiger partial charge in [0.2, 0.25) is 0 Å². The van der Waals surface area contributed by atoms with Gasteiger partial charge >= 0.3 is 0 Å². The molecule has 2 unspecified atom stereocenters. The fourth-order valence-corrected chi connectivity index (χ4v) is 2.46. The van der Waals surface area contributed by atoms with E-state index in [1.807, 2.05) is 0 Å². The highest BCUT2D eigenvalue weighted by Crippen LogP contribution is 2.22. The SMILES string of the molecule is CC1CC(CCNC2=NCCN2C)CCO1.I. The van der Waals surface area contributed by atoms with E-state index in [4.69, 9.17) is 4.74 Å². The third-order valence-electron chi connectivity index (χ3n) is 3.49. The molecule has 2 heterocycles. The number of rotatable bonds is 3. The fraction of sp³-hybridized carbons (Fsp3) is 0.917. The van der Waals surface area contributed by atoms with Crippen molar-refractivity contribution in [2.45, 2.75) is 32.3 Å². The monoisotopic (exact) mass is 353 g/mol. The Hall–Kier alpha value is -0.0400. The Kier molecular flexibility index (Phi) is 6.54. The van der Waals surface area contributed by atoms with Gasteiger partial charge in [0, 0.05) is 26.7 Å². The predicted octanol–water partition coefficient (Wildman–Crippen LogP) is 1.70. The number of ether oxygens (including phenoxy) is 1. The molecule has 1 N–H and O–H groups in total. The summed E-state index contributed by atoms with van der Waals surface area (Å²) in [5.74, 6) is 1.89. The summed E-state index contributed by atoms with van der Waals surface area (Å²) in [6.45, 7) is 6.14. The number of halogens is 1. The van der Waals surface area contributed by atoms with Crippen LogP contribution in [-0.2, 0) is 4.74 Å². The maximum Gasteiger partial charge on any atom is 0.193 e. The van der Waals surface area contributed by atoms with E-state index in [2.05, 4.69) is 29.2 Å². The lowest BCUT2D eigenvalue weighted by atomic mass is 9.93. The second-order valence-electron chi connectivity index (χ2n) is 4.91. The van der Waals surface area contributed by atoms with Gasteiger partial charge in [-0.05, 0) is 32.1 Å². The van der Waals surface area contributed by atoms with Crippen LogP contribution in [0.4, 0.5) is 0 Å². The number of nitrogens with one attached hydrogen (secondary N) is 1. The first-order chi connectivity index (χ1) is 7.75. The van der Waals surface area contributed by atoms with E-state index in [1.54, 1.807) is 0 Å². The molecule has 0 spiro atoms. The first kappa shape index (κ1) is 15.0. The molecule has 0 bridgehead atoms. The van der Waals surface area contributed by atoms with Crippen molar-refractivity contribution >= 4 is 29.9 Å². The number of nitrogens with zero attached hydrogens (tertiary/aromatic N) is 2. The molecule has 0 aromatic carbocycles. The molecule has 0 aromatic rings. The van der Waals surface area contributed by atoms with Gasteiger partial charge in [-0.3, -0.25) is 4.99 Å². The third kappa shape index (κ3) is 4.62. The molecule has 100 valence electrons. The topological polar surface area (TPSA) is 36.9 Å². The van der Waals surface area contributed by atoms with Crippen LogP contribution < -0.4 is 5.32 Å². The normalized spacial score (nSPS) is 28.6. The molecule has 2 rings (SSSR count). The van der Waals surface area contributed by atoms with Crippen molar-refractivity contribution in [2.75, 3.05) is 33.3 Å². The fourth-order valence-electron chi connectivity index (χ4n) is 2.46. The molecular formula is C12H24IN3O. The largest absolute Gasteiger partial charge is 0.378 e. The minimum absolute atomic E-state index is 0. The summed E-state index contributed by atoms with van der Waals surface area (Å²) in [5.41, 5.74) is 0. The molecule has 1 fully saturated rings. The number of aliphatic imine (C=N–C) groups is 1. The van der Waals surface area contributed by atoms with Crippen molar-refractivity contribution in [3.05, 3.63) is 0 Å². The average Bonchev–Trinajstić information content (AvgIpc) is 2.65. The summed E-state index contributed by atoms with van der Waals surface area (Å²) >= 11 is 0. The predicted molar refractivity (Wildman–Crippen MR) is 81.1 cm³/mol. The van der Waals surface area contributed by atoms with Crippen molar-refractivity contribution in [1.82, 2.24) is 10.2 Å². The lowest BCUT2D eigenvalue weighted by molar-refractivity contribution is 0.00121. The first-order valence-electron chi connectivity index (χ1n) is 6.37. The molecule has 0 amide bonds. The van der Waals surface area contributed by atoms with Gasteiger partial charge in [0.25, 0.3) is 0 Å². The molecule has 1 saturated heterocycles. The maximum absolute atomic E-state index is 5.55. The second-order valence-corrected chi connectivity index (χ2v) is 4.91. The number of likely N-dealkylation sites (N-methyl/N-ethyl adjacent to an activating group) is 1. The Labute approximate surface area is 121 Å². The van der Waals surface area contributed by atoms with Gasteiger partial charge in [-0.15, -0.1) is 24.0 Å². The van der Waals surface area contributed by atoms with Crippen molar-refractivity contribution < 1.29 is 4.74 Å². The zero-order valence-corrected chi connectivity index (χ0v) is 13.1. The second kappa shape index (κ2) is 7.41. The van der Waals surface area contributed by atoms with Crippen molar-refractivity contribution in [3.63, 3.8) is 0 Å². The summed E-state index contributed by atoms with van der Waals surface area (Å²) in [6.07, 6.45) is 4.11. The third-order valence-corrected chi connectivity index (χ3v) is 3.49. The van der Waals surface area contributed by atoms with Crippen LogP contribution in [0.5, 0.6) is 0 Å². The molecule has 17 heavy (non-hydrogen) atoms. The van der Waals surface area contributed by atoms with Crippen molar-refractivity contribution in [3.8, 4) is 0 Å². The number of hydrogen-bond donors (Lipinski definition) is 1. The minimum Gasteiger partial charge on any atom is -0.378 e. The number of hydrogen-bond acceptors (Lipinski definition) is 4. The lowest BCUT2D eigenvalue weighted by Crippen LogP contribution is -2.37. The van der Waals surface area contributed by atoms with Gasteiger partial charge in [0.05, 0.1) is 12.6 Å².